The topological polar surface area (TPSA) is 74.7 Å². The fraction of sp³-hybridized carbons (Fsp3) is 0.308. The van der Waals surface area contributed by atoms with Crippen molar-refractivity contribution in [3.63, 3.8) is 0 Å². The van der Waals surface area contributed by atoms with Gasteiger partial charge in [-0.3, -0.25) is 9.78 Å². The van der Waals surface area contributed by atoms with Gasteiger partial charge >= 0.3 is 0 Å². The number of rotatable bonds is 5. The summed E-state index contributed by atoms with van der Waals surface area (Å²) in [6.07, 6.45) is 4.66. The van der Waals surface area contributed by atoms with E-state index in [2.05, 4.69) is 34.6 Å². The molecule has 164 valence electrons. The number of fused-ring (bicyclic) bond motifs is 3. The second kappa shape index (κ2) is 8.63. The van der Waals surface area contributed by atoms with Crippen LogP contribution in [0.4, 0.5) is 5.69 Å². The van der Waals surface area contributed by atoms with Gasteiger partial charge in [-0.15, -0.1) is 0 Å². The fourth-order valence-electron chi connectivity index (χ4n) is 5.10. The minimum atomic E-state index is -0.0612. The van der Waals surface area contributed by atoms with E-state index >= 15 is 0 Å². The molecule has 32 heavy (non-hydrogen) atoms. The van der Waals surface area contributed by atoms with Crippen molar-refractivity contribution in [2.45, 2.75) is 24.9 Å². The minimum Gasteiger partial charge on any atom is -0.497 e. The van der Waals surface area contributed by atoms with Crippen LogP contribution < -0.4 is 10.1 Å². The Morgan fingerprint density at radius 1 is 1.16 bits per heavy atom. The Bertz CT molecular complexity index is 1120. The summed E-state index contributed by atoms with van der Waals surface area (Å²) in [5.41, 5.74) is 5.22. The molecule has 0 saturated carbocycles. The normalized spacial score (nSPS) is 21.4. The Morgan fingerprint density at radius 3 is 2.75 bits per heavy atom. The van der Waals surface area contributed by atoms with Crippen LogP contribution in [0.25, 0.3) is 11.1 Å². The highest BCUT2D eigenvalue weighted by molar-refractivity contribution is 5.81. The van der Waals surface area contributed by atoms with Crippen molar-refractivity contribution in [1.82, 2.24) is 9.88 Å². The molecule has 1 aromatic heterocycles. The maximum absolute atomic E-state index is 13.3. The molecule has 0 radical (unpaired) electrons. The van der Waals surface area contributed by atoms with E-state index in [0.717, 1.165) is 40.1 Å². The van der Waals surface area contributed by atoms with Gasteiger partial charge in [0.15, 0.2) is 0 Å². The molecular weight excluding hydrogens is 402 g/mol. The lowest BCUT2D eigenvalue weighted by molar-refractivity contribution is -0.131. The Morgan fingerprint density at radius 2 is 1.97 bits per heavy atom. The third-order valence-corrected chi connectivity index (χ3v) is 6.70. The summed E-state index contributed by atoms with van der Waals surface area (Å²) in [7, 11) is 1.67. The zero-order valence-electron chi connectivity index (χ0n) is 18.1. The number of aliphatic hydroxyl groups excluding tert-OH is 1. The van der Waals surface area contributed by atoms with Crippen LogP contribution >= 0.6 is 0 Å². The summed E-state index contributed by atoms with van der Waals surface area (Å²) in [5.74, 6) is 1.10. The van der Waals surface area contributed by atoms with Crippen molar-refractivity contribution in [3.05, 3.63) is 78.1 Å². The molecule has 6 nitrogen and oxygen atoms in total. The van der Waals surface area contributed by atoms with Gasteiger partial charge in [-0.2, -0.15) is 0 Å². The van der Waals surface area contributed by atoms with Gasteiger partial charge in [0, 0.05) is 30.5 Å². The fourth-order valence-corrected chi connectivity index (χ4v) is 5.10. The van der Waals surface area contributed by atoms with Gasteiger partial charge in [0.2, 0.25) is 5.91 Å². The number of pyridine rings is 1. The zero-order valence-corrected chi connectivity index (χ0v) is 18.1. The Labute approximate surface area is 187 Å². The summed E-state index contributed by atoms with van der Waals surface area (Å²) in [6, 6.07) is 18.0. The summed E-state index contributed by atoms with van der Waals surface area (Å²) in [6.45, 7) is 0.741. The number of hydrogen-bond donors (Lipinski definition) is 2. The molecule has 3 heterocycles. The largest absolute Gasteiger partial charge is 0.497 e. The van der Waals surface area contributed by atoms with E-state index in [1.165, 1.54) is 0 Å². The first-order chi connectivity index (χ1) is 15.7. The number of carbonyl (C=O) groups excluding carboxylic acids is 1. The highest BCUT2D eigenvalue weighted by Crippen LogP contribution is 2.47. The van der Waals surface area contributed by atoms with Crippen LogP contribution in [0.3, 0.4) is 0 Å². The van der Waals surface area contributed by atoms with E-state index in [4.69, 9.17) is 4.74 Å². The van der Waals surface area contributed by atoms with Gasteiger partial charge in [0.05, 0.1) is 32.2 Å². The lowest BCUT2D eigenvalue weighted by atomic mass is 9.82. The first kappa shape index (κ1) is 20.5. The molecule has 2 aliphatic heterocycles. The Hall–Kier alpha value is -3.38. The Balaban J connectivity index is 1.51. The number of ether oxygens (including phenoxy) is 1. The van der Waals surface area contributed by atoms with E-state index in [1.807, 2.05) is 35.2 Å². The number of nitrogens with one attached hydrogen (secondary N) is 1. The predicted octanol–water partition coefficient (Wildman–Crippen LogP) is 3.68. The smallest absolute Gasteiger partial charge is 0.227 e. The molecule has 0 unspecified atom stereocenters. The van der Waals surface area contributed by atoms with Gasteiger partial charge in [0.25, 0.3) is 0 Å². The first-order valence-corrected chi connectivity index (χ1v) is 11.0. The summed E-state index contributed by atoms with van der Waals surface area (Å²) in [4.78, 5) is 19.4. The van der Waals surface area contributed by atoms with Crippen molar-refractivity contribution in [2.24, 2.45) is 5.92 Å². The second-order valence-electron chi connectivity index (χ2n) is 8.48. The monoisotopic (exact) mass is 429 g/mol. The molecule has 1 amide bonds. The minimum absolute atomic E-state index is 0.0463. The number of amides is 1. The number of aromatic nitrogens is 1. The predicted molar refractivity (Wildman–Crippen MR) is 123 cm³/mol. The number of aliphatic hydroxyl groups is 1. The maximum Gasteiger partial charge on any atom is 0.227 e. The van der Waals surface area contributed by atoms with Crippen LogP contribution in [0.5, 0.6) is 5.75 Å². The highest BCUT2D eigenvalue weighted by atomic mass is 16.5. The molecule has 3 aromatic rings. The molecule has 1 fully saturated rings. The van der Waals surface area contributed by atoms with Crippen LogP contribution in [0, 0.1) is 5.92 Å². The van der Waals surface area contributed by atoms with Crippen LogP contribution in [0.2, 0.25) is 0 Å². The Kier molecular flexibility index (Phi) is 5.53. The lowest BCUT2D eigenvalue weighted by Crippen LogP contribution is -2.43. The van der Waals surface area contributed by atoms with Crippen LogP contribution in [0.15, 0.2) is 67.0 Å². The molecule has 6 heteroatoms. The molecule has 5 rings (SSSR count). The second-order valence-corrected chi connectivity index (χ2v) is 8.48. The SMILES string of the molecule is COc1cccc(-c2ccc3c(c2)[C@@H]2[C@@H](CCN2C(=O)Cc2ccncc2)[C@@H](CO)N3)c1. The van der Waals surface area contributed by atoms with Crippen molar-refractivity contribution in [2.75, 3.05) is 25.6 Å². The molecule has 0 spiro atoms. The van der Waals surface area contributed by atoms with Crippen molar-refractivity contribution < 1.29 is 14.6 Å². The van der Waals surface area contributed by atoms with E-state index in [0.29, 0.717) is 13.0 Å². The third-order valence-electron chi connectivity index (χ3n) is 6.70. The first-order valence-electron chi connectivity index (χ1n) is 11.0. The molecule has 0 aliphatic carbocycles. The standard InChI is InChI=1S/C26H27N3O3/c1-32-20-4-2-3-18(14-20)19-5-6-23-22(15-19)26-21(24(16-30)28-23)9-12-29(26)25(31)13-17-7-10-27-11-8-17/h2-8,10-11,14-15,21,24,26,28,30H,9,12-13,16H2,1H3/t21-,24+,26-/m0/s1. The van der Waals surface area contributed by atoms with E-state index < -0.39 is 0 Å². The molecule has 2 aromatic carbocycles. The van der Waals surface area contributed by atoms with E-state index in [-0.39, 0.29) is 30.5 Å². The molecule has 3 atom stereocenters. The highest BCUT2D eigenvalue weighted by Gasteiger charge is 2.45. The van der Waals surface area contributed by atoms with Gasteiger partial charge in [-0.05, 0) is 65.1 Å². The van der Waals surface area contributed by atoms with Crippen molar-refractivity contribution in [1.29, 1.82) is 0 Å². The van der Waals surface area contributed by atoms with E-state index in [1.54, 1.807) is 19.5 Å². The number of nitrogens with zero attached hydrogens (tertiary/aromatic N) is 2. The lowest BCUT2D eigenvalue weighted by Gasteiger charge is -2.39. The van der Waals surface area contributed by atoms with E-state index in [9.17, 15) is 9.90 Å². The molecule has 2 aliphatic rings. The maximum atomic E-state index is 13.3. The number of anilines is 1. The molecule has 0 bridgehead atoms. The molecule has 1 saturated heterocycles. The third kappa shape index (κ3) is 3.71. The quantitative estimate of drug-likeness (QED) is 0.647. The van der Waals surface area contributed by atoms with Gasteiger partial charge in [0.1, 0.15) is 5.75 Å². The van der Waals surface area contributed by atoms with Gasteiger partial charge in [-0.25, -0.2) is 0 Å². The zero-order chi connectivity index (χ0) is 22.1. The number of benzene rings is 2. The number of carbonyl (C=O) groups is 1. The summed E-state index contributed by atoms with van der Waals surface area (Å²) < 4.78 is 5.39. The van der Waals surface area contributed by atoms with Crippen molar-refractivity contribution >= 4 is 11.6 Å². The average Bonchev–Trinajstić information content (AvgIpc) is 3.30. The number of likely N-dealkylation sites (tertiary alicyclic amines) is 1. The van der Waals surface area contributed by atoms with Gasteiger partial charge < -0.3 is 20.1 Å². The summed E-state index contributed by atoms with van der Waals surface area (Å²) in [5, 5.41) is 13.5. The van der Waals surface area contributed by atoms with Crippen LogP contribution in [-0.2, 0) is 11.2 Å². The molecule has 2 N–H and O–H groups in total. The van der Waals surface area contributed by atoms with Crippen LogP contribution in [0.1, 0.15) is 23.6 Å². The van der Waals surface area contributed by atoms with Gasteiger partial charge in [-0.1, -0.05) is 18.2 Å². The average molecular weight is 430 g/mol. The number of hydrogen-bond acceptors (Lipinski definition) is 5. The molecular formula is C26H27N3O3. The van der Waals surface area contributed by atoms with Crippen molar-refractivity contribution in [3.8, 4) is 16.9 Å². The van der Waals surface area contributed by atoms with Crippen LogP contribution in [-0.4, -0.2) is 47.2 Å². The number of methoxy groups -OCH3 is 1. The summed E-state index contributed by atoms with van der Waals surface area (Å²) >= 11 is 0.